The van der Waals surface area contributed by atoms with E-state index in [1.54, 1.807) is 4.90 Å². The van der Waals surface area contributed by atoms with Crippen molar-refractivity contribution in [2.75, 3.05) is 19.6 Å². The van der Waals surface area contributed by atoms with Gasteiger partial charge in [0.15, 0.2) is 5.69 Å². The van der Waals surface area contributed by atoms with Crippen molar-refractivity contribution in [1.82, 2.24) is 25.3 Å². The van der Waals surface area contributed by atoms with Crippen molar-refractivity contribution >= 4 is 11.8 Å². The molecule has 1 aliphatic heterocycles. The Morgan fingerprint density at radius 3 is 2.58 bits per heavy atom. The van der Waals surface area contributed by atoms with Gasteiger partial charge >= 0.3 is 0 Å². The molecule has 0 radical (unpaired) electrons. The minimum absolute atomic E-state index is 0.0827. The highest BCUT2D eigenvalue weighted by atomic mass is 19.3. The lowest BCUT2D eigenvalue weighted by Gasteiger charge is -2.33. The van der Waals surface area contributed by atoms with Crippen molar-refractivity contribution in [3.8, 4) is 11.3 Å². The molecular formula is C31H43F2N5O2. The molecule has 3 aliphatic rings. The van der Waals surface area contributed by atoms with E-state index in [0.717, 1.165) is 62.6 Å². The van der Waals surface area contributed by atoms with Gasteiger partial charge < -0.3 is 10.6 Å². The standard InChI is InChI=1S/C31H43F2N5O2/c1-2-22-9-3-6-14-26(22)28-20-27(36-38(28)25-12-4-5-13-25)30(40)35-24(19-29(39)34-23-10-7-11-23)15-18-37-17-8-16-31(32,33)21-37/h3,6,9,14,20,23-25H,2,4-5,7-8,10-13,15-19,21H2,1H3,(H,34,39)(H,35,40)/t24-/m0/s1. The smallest absolute Gasteiger partial charge is 0.272 e. The summed E-state index contributed by atoms with van der Waals surface area (Å²) in [4.78, 5) is 28.1. The second-order valence-corrected chi connectivity index (χ2v) is 11.9. The molecule has 1 atom stereocenters. The summed E-state index contributed by atoms with van der Waals surface area (Å²) in [6, 6.07) is 10.1. The molecule has 0 spiro atoms. The van der Waals surface area contributed by atoms with Crippen molar-refractivity contribution in [2.45, 2.75) is 108 Å². The molecule has 0 bridgehead atoms. The van der Waals surface area contributed by atoms with Crippen molar-refractivity contribution in [3.05, 3.63) is 41.6 Å². The van der Waals surface area contributed by atoms with Crippen molar-refractivity contribution < 1.29 is 18.4 Å². The number of nitrogens with zero attached hydrogens (tertiary/aromatic N) is 3. The average Bonchev–Trinajstić information content (AvgIpc) is 3.59. The molecule has 1 aromatic heterocycles. The van der Waals surface area contributed by atoms with Crippen molar-refractivity contribution in [2.24, 2.45) is 0 Å². The predicted octanol–water partition coefficient (Wildman–Crippen LogP) is 5.51. The minimum Gasteiger partial charge on any atom is -0.353 e. The van der Waals surface area contributed by atoms with Gasteiger partial charge in [-0.25, -0.2) is 8.78 Å². The highest BCUT2D eigenvalue weighted by Gasteiger charge is 2.35. The van der Waals surface area contributed by atoms with E-state index in [4.69, 9.17) is 5.10 Å². The van der Waals surface area contributed by atoms with Crippen LogP contribution in [0.1, 0.15) is 99.6 Å². The summed E-state index contributed by atoms with van der Waals surface area (Å²) >= 11 is 0. The number of aromatic nitrogens is 2. The highest BCUT2D eigenvalue weighted by molar-refractivity contribution is 5.94. The van der Waals surface area contributed by atoms with Crippen LogP contribution in [0.4, 0.5) is 8.78 Å². The fourth-order valence-electron chi connectivity index (χ4n) is 6.34. The number of likely N-dealkylation sites (tertiary alicyclic amines) is 1. The zero-order chi connectivity index (χ0) is 28.1. The Morgan fingerprint density at radius 2 is 1.88 bits per heavy atom. The lowest BCUT2D eigenvalue weighted by Crippen LogP contribution is -2.47. The second kappa shape index (κ2) is 12.8. The summed E-state index contributed by atoms with van der Waals surface area (Å²) in [6.07, 6.45) is 9.23. The number of amides is 2. The van der Waals surface area contributed by atoms with Gasteiger partial charge in [-0.2, -0.15) is 5.10 Å². The summed E-state index contributed by atoms with van der Waals surface area (Å²) in [5, 5.41) is 10.9. The maximum atomic E-state index is 14.0. The number of rotatable bonds is 11. The lowest BCUT2D eigenvalue weighted by molar-refractivity contribution is -0.122. The van der Waals surface area contributed by atoms with Crippen LogP contribution in [0.5, 0.6) is 0 Å². The van der Waals surface area contributed by atoms with Gasteiger partial charge in [-0.05, 0) is 69.5 Å². The first-order chi connectivity index (χ1) is 19.3. The Balaban J connectivity index is 1.33. The number of piperidine rings is 1. The van der Waals surface area contributed by atoms with Crippen LogP contribution >= 0.6 is 0 Å². The number of nitrogens with one attached hydrogen (secondary N) is 2. The molecule has 3 fully saturated rings. The van der Waals surface area contributed by atoms with Crippen LogP contribution in [0.15, 0.2) is 30.3 Å². The quantitative estimate of drug-likeness (QED) is 0.384. The molecule has 218 valence electrons. The number of aryl methyl sites for hydroxylation is 1. The molecule has 2 heterocycles. The van der Waals surface area contributed by atoms with Gasteiger partial charge in [0.2, 0.25) is 5.91 Å². The summed E-state index contributed by atoms with van der Waals surface area (Å²) in [6.45, 7) is 2.87. The fraction of sp³-hybridized carbons (Fsp3) is 0.645. The van der Waals surface area contributed by atoms with Crippen LogP contribution in [0.25, 0.3) is 11.3 Å². The third-order valence-corrected chi connectivity index (χ3v) is 8.82. The first kappa shape index (κ1) is 28.7. The van der Waals surface area contributed by atoms with Gasteiger partial charge in [0.1, 0.15) is 0 Å². The first-order valence-electron chi connectivity index (χ1n) is 15.2. The molecule has 7 nitrogen and oxygen atoms in total. The van der Waals surface area contributed by atoms with Crippen LogP contribution in [-0.2, 0) is 11.2 Å². The molecule has 9 heteroatoms. The average molecular weight is 556 g/mol. The van der Waals surface area contributed by atoms with Gasteiger partial charge in [0.05, 0.1) is 18.3 Å². The molecule has 2 N–H and O–H groups in total. The molecular weight excluding hydrogens is 512 g/mol. The fourth-order valence-corrected chi connectivity index (χ4v) is 6.34. The Kier molecular flexibility index (Phi) is 9.18. The lowest BCUT2D eigenvalue weighted by atomic mass is 9.93. The molecule has 2 amide bonds. The first-order valence-corrected chi connectivity index (χ1v) is 15.2. The molecule has 2 aliphatic carbocycles. The number of benzene rings is 1. The van der Waals surface area contributed by atoms with E-state index in [1.165, 1.54) is 5.56 Å². The number of carbonyl (C=O) groups excluding carboxylic acids is 2. The van der Waals surface area contributed by atoms with Crippen LogP contribution in [-0.4, -0.2) is 64.1 Å². The molecule has 1 aromatic carbocycles. The van der Waals surface area contributed by atoms with E-state index in [0.29, 0.717) is 31.6 Å². The Morgan fingerprint density at radius 1 is 1.10 bits per heavy atom. The number of hydrogen-bond donors (Lipinski definition) is 2. The number of alkyl halides is 2. The molecule has 2 saturated carbocycles. The maximum Gasteiger partial charge on any atom is 0.272 e. The van der Waals surface area contributed by atoms with E-state index in [-0.39, 0.29) is 43.3 Å². The largest absolute Gasteiger partial charge is 0.353 e. The third kappa shape index (κ3) is 7.09. The highest BCUT2D eigenvalue weighted by Crippen LogP contribution is 2.35. The van der Waals surface area contributed by atoms with Gasteiger partial charge in [-0.3, -0.25) is 19.2 Å². The molecule has 0 unspecified atom stereocenters. The SMILES string of the molecule is CCc1ccccc1-c1cc(C(=O)N[C@@H](CCN2CCCC(F)(F)C2)CC(=O)NC2CCC2)nn1C1CCCC1. The maximum absolute atomic E-state index is 14.0. The van der Waals surface area contributed by atoms with Crippen molar-refractivity contribution in [3.63, 3.8) is 0 Å². The summed E-state index contributed by atoms with van der Waals surface area (Å²) in [7, 11) is 0. The Labute approximate surface area is 236 Å². The number of halogens is 2. The second-order valence-electron chi connectivity index (χ2n) is 11.9. The molecule has 40 heavy (non-hydrogen) atoms. The van der Waals surface area contributed by atoms with Crippen LogP contribution < -0.4 is 10.6 Å². The van der Waals surface area contributed by atoms with Crippen LogP contribution in [0, 0.1) is 0 Å². The van der Waals surface area contributed by atoms with E-state index in [9.17, 15) is 18.4 Å². The summed E-state index contributed by atoms with van der Waals surface area (Å²) in [5.41, 5.74) is 3.58. The van der Waals surface area contributed by atoms with Gasteiger partial charge in [-0.1, -0.05) is 44.0 Å². The molecule has 5 rings (SSSR count). The van der Waals surface area contributed by atoms with Crippen LogP contribution in [0.2, 0.25) is 0 Å². The van der Waals surface area contributed by atoms with Gasteiger partial charge in [0, 0.05) is 37.0 Å². The van der Waals surface area contributed by atoms with Crippen molar-refractivity contribution in [1.29, 1.82) is 0 Å². The zero-order valence-electron chi connectivity index (χ0n) is 23.6. The van der Waals surface area contributed by atoms with Gasteiger partial charge in [-0.15, -0.1) is 0 Å². The van der Waals surface area contributed by atoms with E-state index in [1.807, 2.05) is 22.9 Å². The predicted molar refractivity (Wildman–Crippen MR) is 151 cm³/mol. The Hall–Kier alpha value is -2.81. The van der Waals surface area contributed by atoms with E-state index in [2.05, 4.69) is 29.7 Å². The third-order valence-electron chi connectivity index (χ3n) is 8.82. The summed E-state index contributed by atoms with van der Waals surface area (Å²) in [5.74, 6) is -3.11. The molecule has 1 saturated heterocycles. The number of carbonyl (C=O) groups is 2. The summed E-state index contributed by atoms with van der Waals surface area (Å²) < 4.78 is 30.0. The van der Waals surface area contributed by atoms with Crippen LogP contribution in [0.3, 0.4) is 0 Å². The van der Waals surface area contributed by atoms with E-state index >= 15 is 0 Å². The Bertz CT molecular complexity index is 1170. The minimum atomic E-state index is -2.68. The molecule has 2 aromatic rings. The monoisotopic (exact) mass is 555 g/mol. The zero-order valence-corrected chi connectivity index (χ0v) is 23.6. The normalized spacial score (nSPS) is 20.7. The van der Waals surface area contributed by atoms with E-state index < -0.39 is 12.0 Å². The topological polar surface area (TPSA) is 79.3 Å². The van der Waals surface area contributed by atoms with Gasteiger partial charge in [0.25, 0.3) is 11.8 Å². The number of hydrogen-bond acceptors (Lipinski definition) is 4.